The van der Waals surface area contributed by atoms with Crippen LogP contribution in [-0.2, 0) is 6.54 Å². The first kappa shape index (κ1) is 12.2. The Bertz CT molecular complexity index is 275. The zero-order chi connectivity index (χ0) is 10.6. The van der Waals surface area contributed by atoms with Crippen molar-refractivity contribution >= 4 is 27.3 Å². The molecule has 0 amide bonds. The van der Waals surface area contributed by atoms with Crippen molar-refractivity contribution in [3.05, 3.63) is 20.8 Å². The Morgan fingerprint density at radius 1 is 1.57 bits per heavy atom. The van der Waals surface area contributed by atoms with Gasteiger partial charge < -0.3 is 5.73 Å². The SMILES string of the molecule is CC(CCN)N(C)Cc1ccc(Br)s1. The number of hydrogen-bond acceptors (Lipinski definition) is 3. The summed E-state index contributed by atoms with van der Waals surface area (Å²) in [4.78, 5) is 3.73. The summed E-state index contributed by atoms with van der Waals surface area (Å²) in [7, 11) is 2.15. The second kappa shape index (κ2) is 5.85. The number of halogens is 1. The second-order valence-electron chi connectivity index (χ2n) is 3.55. The molecule has 0 aromatic carbocycles. The summed E-state index contributed by atoms with van der Waals surface area (Å²) >= 11 is 5.27. The fraction of sp³-hybridized carbons (Fsp3) is 0.600. The first-order chi connectivity index (χ1) is 6.63. The van der Waals surface area contributed by atoms with E-state index < -0.39 is 0 Å². The van der Waals surface area contributed by atoms with Crippen LogP contribution in [-0.4, -0.2) is 24.5 Å². The molecule has 0 bridgehead atoms. The summed E-state index contributed by atoms with van der Waals surface area (Å²) in [5, 5.41) is 0. The van der Waals surface area contributed by atoms with Gasteiger partial charge in [-0.15, -0.1) is 11.3 Å². The van der Waals surface area contributed by atoms with Crippen molar-refractivity contribution in [2.75, 3.05) is 13.6 Å². The Hall–Kier alpha value is 0.1000. The molecule has 0 fully saturated rings. The topological polar surface area (TPSA) is 29.3 Å². The number of rotatable bonds is 5. The van der Waals surface area contributed by atoms with Gasteiger partial charge in [-0.2, -0.15) is 0 Å². The fourth-order valence-corrected chi connectivity index (χ4v) is 2.85. The summed E-state index contributed by atoms with van der Waals surface area (Å²) < 4.78 is 1.20. The lowest BCUT2D eigenvalue weighted by atomic mass is 10.2. The van der Waals surface area contributed by atoms with Gasteiger partial charge >= 0.3 is 0 Å². The molecule has 2 N–H and O–H groups in total. The minimum absolute atomic E-state index is 0.556. The molecule has 0 saturated heterocycles. The van der Waals surface area contributed by atoms with Crippen LogP contribution in [0.1, 0.15) is 18.2 Å². The van der Waals surface area contributed by atoms with Gasteiger partial charge in [-0.1, -0.05) is 0 Å². The minimum Gasteiger partial charge on any atom is -0.330 e. The van der Waals surface area contributed by atoms with Crippen molar-refractivity contribution in [2.24, 2.45) is 5.73 Å². The van der Waals surface area contributed by atoms with Crippen LogP contribution in [0.25, 0.3) is 0 Å². The fourth-order valence-electron chi connectivity index (χ4n) is 1.30. The molecule has 80 valence electrons. The molecule has 0 aliphatic rings. The molecule has 0 spiro atoms. The first-order valence-corrected chi connectivity index (χ1v) is 6.39. The lowest BCUT2D eigenvalue weighted by molar-refractivity contribution is 0.242. The summed E-state index contributed by atoms with van der Waals surface area (Å²) in [6.07, 6.45) is 1.06. The quantitative estimate of drug-likeness (QED) is 0.896. The van der Waals surface area contributed by atoms with E-state index in [1.54, 1.807) is 11.3 Å². The van der Waals surface area contributed by atoms with E-state index in [4.69, 9.17) is 5.73 Å². The van der Waals surface area contributed by atoms with Crippen LogP contribution in [0.15, 0.2) is 15.9 Å². The predicted octanol–water partition coefficient (Wildman–Crippen LogP) is 2.68. The van der Waals surface area contributed by atoms with Crippen molar-refractivity contribution in [3.63, 3.8) is 0 Å². The van der Waals surface area contributed by atoms with E-state index in [2.05, 4.69) is 46.9 Å². The van der Waals surface area contributed by atoms with Gasteiger partial charge in [-0.25, -0.2) is 0 Å². The van der Waals surface area contributed by atoms with E-state index >= 15 is 0 Å². The van der Waals surface area contributed by atoms with Crippen molar-refractivity contribution in [2.45, 2.75) is 25.9 Å². The third-order valence-electron chi connectivity index (χ3n) is 2.37. The molecule has 0 saturated carbocycles. The number of nitrogens with two attached hydrogens (primary N) is 1. The van der Waals surface area contributed by atoms with Crippen LogP contribution in [0, 0.1) is 0 Å². The number of thiophene rings is 1. The highest BCUT2D eigenvalue weighted by Crippen LogP contribution is 2.23. The summed E-state index contributed by atoms with van der Waals surface area (Å²) in [6.45, 7) is 3.99. The minimum atomic E-state index is 0.556. The van der Waals surface area contributed by atoms with E-state index in [0.29, 0.717) is 6.04 Å². The third kappa shape index (κ3) is 3.69. The summed E-state index contributed by atoms with van der Waals surface area (Å²) in [5.41, 5.74) is 5.53. The standard InChI is InChI=1S/C10H17BrN2S/c1-8(5-6-12)13(2)7-9-3-4-10(11)14-9/h3-4,8H,5-7,12H2,1-2H3. The Balaban J connectivity index is 2.43. The van der Waals surface area contributed by atoms with Crippen LogP contribution < -0.4 is 5.73 Å². The molecule has 1 aromatic rings. The van der Waals surface area contributed by atoms with E-state index in [9.17, 15) is 0 Å². The van der Waals surface area contributed by atoms with E-state index in [-0.39, 0.29) is 0 Å². The number of hydrogen-bond donors (Lipinski definition) is 1. The van der Waals surface area contributed by atoms with Gasteiger partial charge in [0.15, 0.2) is 0 Å². The number of nitrogens with zero attached hydrogens (tertiary/aromatic N) is 1. The van der Waals surface area contributed by atoms with Gasteiger partial charge in [0.2, 0.25) is 0 Å². The molecule has 1 heterocycles. The monoisotopic (exact) mass is 276 g/mol. The third-order valence-corrected chi connectivity index (χ3v) is 3.98. The Morgan fingerprint density at radius 2 is 2.29 bits per heavy atom. The Morgan fingerprint density at radius 3 is 2.79 bits per heavy atom. The Labute approximate surface area is 98.2 Å². The van der Waals surface area contributed by atoms with Crippen LogP contribution >= 0.6 is 27.3 Å². The van der Waals surface area contributed by atoms with Crippen molar-refractivity contribution < 1.29 is 0 Å². The molecule has 0 aliphatic carbocycles. The zero-order valence-corrected chi connectivity index (χ0v) is 11.1. The zero-order valence-electron chi connectivity index (χ0n) is 8.66. The van der Waals surface area contributed by atoms with Gasteiger partial charge in [0.25, 0.3) is 0 Å². The molecular weight excluding hydrogens is 260 g/mol. The van der Waals surface area contributed by atoms with Gasteiger partial charge in [0.05, 0.1) is 3.79 Å². The maximum absolute atomic E-state index is 5.53. The van der Waals surface area contributed by atoms with Crippen molar-refractivity contribution in [1.29, 1.82) is 0 Å². The smallest absolute Gasteiger partial charge is 0.0701 e. The molecule has 1 atom stereocenters. The van der Waals surface area contributed by atoms with Crippen molar-refractivity contribution in [1.82, 2.24) is 4.90 Å². The van der Waals surface area contributed by atoms with Gasteiger partial charge in [-0.05, 0) is 55.0 Å². The summed E-state index contributed by atoms with van der Waals surface area (Å²) in [6, 6.07) is 4.82. The van der Waals surface area contributed by atoms with Gasteiger partial charge in [-0.3, -0.25) is 4.90 Å². The first-order valence-electron chi connectivity index (χ1n) is 4.78. The van der Waals surface area contributed by atoms with Gasteiger partial charge in [0.1, 0.15) is 0 Å². The lowest BCUT2D eigenvalue weighted by Gasteiger charge is -2.23. The summed E-state index contributed by atoms with van der Waals surface area (Å²) in [5.74, 6) is 0. The van der Waals surface area contributed by atoms with Crippen LogP contribution in [0.2, 0.25) is 0 Å². The highest BCUT2D eigenvalue weighted by molar-refractivity contribution is 9.11. The molecular formula is C10H17BrN2S. The molecule has 0 radical (unpaired) electrons. The van der Waals surface area contributed by atoms with Crippen LogP contribution in [0.5, 0.6) is 0 Å². The van der Waals surface area contributed by atoms with E-state index in [1.165, 1.54) is 8.66 Å². The lowest BCUT2D eigenvalue weighted by Crippen LogP contribution is -2.30. The second-order valence-corrected chi connectivity index (χ2v) is 6.09. The highest BCUT2D eigenvalue weighted by atomic mass is 79.9. The molecule has 14 heavy (non-hydrogen) atoms. The molecule has 2 nitrogen and oxygen atoms in total. The van der Waals surface area contributed by atoms with Gasteiger partial charge in [0, 0.05) is 17.5 Å². The molecule has 1 unspecified atom stereocenters. The highest BCUT2D eigenvalue weighted by Gasteiger charge is 2.09. The van der Waals surface area contributed by atoms with Crippen molar-refractivity contribution in [3.8, 4) is 0 Å². The normalized spacial score (nSPS) is 13.5. The molecule has 0 aliphatic heterocycles. The predicted molar refractivity (Wildman–Crippen MR) is 66.6 cm³/mol. The van der Waals surface area contributed by atoms with Crippen LogP contribution in [0.3, 0.4) is 0 Å². The molecule has 4 heteroatoms. The van der Waals surface area contributed by atoms with E-state index in [0.717, 1.165) is 19.5 Å². The van der Waals surface area contributed by atoms with Crippen LogP contribution in [0.4, 0.5) is 0 Å². The molecule has 1 rings (SSSR count). The Kier molecular flexibility index (Phi) is 5.09. The maximum atomic E-state index is 5.53. The molecule has 1 aromatic heterocycles. The maximum Gasteiger partial charge on any atom is 0.0701 e. The largest absolute Gasteiger partial charge is 0.330 e. The van der Waals surface area contributed by atoms with E-state index in [1.807, 2.05) is 0 Å². The average Bonchev–Trinajstić information content (AvgIpc) is 2.51. The average molecular weight is 277 g/mol.